The first-order chi connectivity index (χ1) is 6.29. The van der Waals surface area contributed by atoms with Gasteiger partial charge in [0.05, 0.1) is 0 Å². The van der Waals surface area contributed by atoms with E-state index in [0.29, 0.717) is 12.8 Å². The van der Waals surface area contributed by atoms with Gasteiger partial charge in [0.15, 0.2) is 0 Å². The Kier molecular flexibility index (Phi) is 3.76. The number of allylic oxidation sites excluding steroid dienone is 1. The largest absolute Gasteiger partial charge is 0.273 e. The Morgan fingerprint density at radius 3 is 2.62 bits per heavy atom. The molecule has 2 nitrogen and oxygen atoms in total. The average Bonchev–Trinajstić information content (AvgIpc) is 2.14. The van der Waals surface area contributed by atoms with Gasteiger partial charge in [-0.25, -0.2) is 0 Å². The molecule has 0 unspecified atom stereocenters. The maximum absolute atomic E-state index is 10.3. The van der Waals surface area contributed by atoms with Gasteiger partial charge in [-0.2, -0.15) is 0 Å². The second-order valence-corrected chi connectivity index (χ2v) is 2.77. The highest BCUT2D eigenvalue weighted by atomic mass is 16.1. The van der Waals surface area contributed by atoms with E-state index in [-0.39, 0.29) is 0 Å². The molecule has 1 radical (unpaired) electrons. The fourth-order valence-corrected chi connectivity index (χ4v) is 0.998. The van der Waals surface area contributed by atoms with E-state index in [1.807, 2.05) is 42.5 Å². The lowest BCUT2D eigenvalue weighted by atomic mass is 10.2. The standard InChI is InChI=1S/C11H12NO/c12-11(13)9-5-4-8-10-6-2-1-3-7-10/h1-4,6-8,12H,5,9H2/b8-4+. The number of carbonyl (C=O) groups excluding carboxylic acids is 1. The van der Waals surface area contributed by atoms with E-state index in [0.717, 1.165) is 5.56 Å². The number of amides is 1. The van der Waals surface area contributed by atoms with Crippen molar-refractivity contribution in [1.82, 2.24) is 5.73 Å². The first kappa shape index (κ1) is 9.52. The summed E-state index contributed by atoms with van der Waals surface area (Å²) in [6, 6.07) is 9.90. The molecule has 0 aliphatic rings. The molecule has 1 amide bonds. The highest BCUT2D eigenvalue weighted by Gasteiger charge is 1.90. The number of carbonyl (C=O) groups is 1. The molecule has 0 aliphatic heterocycles. The SMILES string of the molecule is [NH]C(=O)CC/C=C/c1ccccc1. The molecule has 0 bridgehead atoms. The van der Waals surface area contributed by atoms with Gasteiger partial charge in [0.1, 0.15) is 0 Å². The highest BCUT2D eigenvalue weighted by Crippen LogP contribution is 2.02. The van der Waals surface area contributed by atoms with Crippen molar-refractivity contribution in [3.05, 3.63) is 42.0 Å². The van der Waals surface area contributed by atoms with Crippen LogP contribution in [0.4, 0.5) is 0 Å². The van der Waals surface area contributed by atoms with Gasteiger partial charge in [-0.05, 0) is 12.0 Å². The summed E-state index contributed by atoms with van der Waals surface area (Å²) < 4.78 is 0. The van der Waals surface area contributed by atoms with Crippen LogP contribution in [0.3, 0.4) is 0 Å². The van der Waals surface area contributed by atoms with Gasteiger partial charge < -0.3 is 0 Å². The molecule has 0 heterocycles. The number of hydrogen-bond acceptors (Lipinski definition) is 1. The number of rotatable bonds is 4. The Morgan fingerprint density at radius 2 is 2.00 bits per heavy atom. The summed E-state index contributed by atoms with van der Waals surface area (Å²) >= 11 is 0. The summed E-state index contributed by atoms with van der Waals surface area (Å²) in [7, 11) is 0. The molecule has 2 heteroatoms. The summed E-state index contributed by atoms with van der Waals surface area (Å²) in [5.41, 5.74) is 7.81. The number of hydrogen-bond donors (Lipinski definition) is 0. The van der Waals surface area contributed by atoms with E-state index in [4.69, 9.17) is 5.73 Å². The number of benzene rings is 1. The lowest BCUT2D eigenvalue weighted by Crippen LogP contribution is -1.94. The van der Waals surface area contributed by atoms with Crippen LogP contribution in [0.5, 0.6) is 0 Å². The summed E-state index contributed by atoms with van der Waals surface area (Å²) in [5, 5.41) is 0. The Morgan fingerprint density at radius 1 is 1.31 bits per heavy atom. The van der Waals surface area contributed by atoms with Crippen LogP contribution in [0, 0.1) is 0 Å². The zero-order valence-corrected chi connectivity index (χ0v) is 7.36. The first-order valence-corrected chi connectivity index (χ1v) is 4.25. The van der Waals surface area contributed by atoms with Gasteiger partial charge in [0.25, 0.3) is 0 Å². The van der Waals surface area contributed by atoms with Crippen LogP contribution in [0.1, 0.15) is 18.4 Å². The molecule has 0 saturated heterocycles. The van der Waals surface area contributed by atoms with E-state index < -0.39 is 5.91 Å². The lowest BCUT2D eigenvalue weighted by Gasteiger charge is -1.90. The van der Waals surface area contributed by atoms with Gasteiger partial charge in [-0.15, -0.1) is 0 Å². The highest BCUT2D eigenvalue weighted by molar-refractivity contribution is 5.73. The van der Waals surface area contributed by atoms with Crippen LogP contribution >= 0.6 is 0 Å². The monoisotopic (exact) mass is 174 g/mol. The van der Waals surface area contributed by atoms with Crippen molar-refractivity contribution < 1.29 is 4.79 Å². The minimum atomic E-state index is -0.502. The summed E-state index contributed by atoms with van der Waals surface area (Å²) in [6.07, 6.45) is 4.84. The third-order valence-corrected chi connectivity index (χ3v) is 1.65. The molecule has 0 spiro atoms. The molecule has 1 aromatic carbocycles. The molecular formula is C11H12NO. The minimum Gasteiger partial charge on any atom is -0.273 e. The van der Waals surface area contributed by atoms with Gasteiger partial charge in [-0.1, -0.05) is 42.5 Å². The molecule has 0 fully saturated rings. The van der Waals surface area contributed by atoms with Crippen LogP contribution in [-0.2, 0) is 4.79 Å². The van der Waals surface area contributed by atoms with Crippen molar-refractivity contribution in [2.24, 2.45) is 0 Å². The number of nitrogens with one attached hydrogen (secondary N) is 1. The lowest BCUT2D eigenvalue weighted by molar-refractivity contribution is -0.118. The second-order valence-electron chi connectivity index (χ2n) is 2.77. The van der Waals surface area contributed by atoms with Gasteiger partial charge in [0, 0.05) is 6.42 Å². The fourth-order valence-electron chi connectivity index (χ4n) is 0.998. The molecule has 0 saturated carbocycles. The first-order valence-electron chi connectivity index (χ1n) is 4.25. The Hall–Kier alpha value is -1.57. The fraction of sp³-hybridized carbons (Fsp3) is 0.182. The molecule has 0 aliphatic carbocycles. The topological polar surface area (TPSA) is 40.9 Å². The predicted molar refractivity (Wildman–Crippen MR) is 52.8 cm³/mol. The molecule has 0 aromatic heterocycles. The molecular weight excluding hydrogens is 162 g/mol. The molecule has 1 rings (SSSR count). The van der Waals surface area contributed by atoms with Crippen LogP contribution in [-0.4, -0.2) is 5.91 Å². The second kappa shape index (κ2) is 5.14. The smallest absolute Gasteiger partial charge is 0.238 e. The van der Waals surface area contributed by atoms with E-state index in [1.54, 1.807) is 0 Å². The third kappa shape index (κ3) is 4.11. The molecule has 13 heavy (non-hydrogen) atoms. The van der Waals surface area contributed by atoms with Crippen molar-refractivity contribution >= 4 is 12.0 Å². The van der Waals surface area contributed by atoms with Crippen LogP contribution in [0.25, 0.3) is 6.08 Å². The van der Waals surface area contributed by atoms with Crippen LogP contribution in [0.15, 0.2) is 36.4 Å². The van der Waals surface area contributed by atoms with Crippen LogP contribution in [0.2, 0.25) is 0 Å². The van der Waals surface area contributed by atoms with Crippen LogP contribution < -0.4 is 5.73 Å². The Balaban J connectivity index is 2.37. The quantitative estimate of drug-likeness (QED) is 0.690. The van der Waals surface area contributed by atoms with E-state index >= 15 is 0 Å². The predicted octanol–water partition coefficient (Wildman–Crippen LogP) is 2.29. The summed E-state index contributed by atoms with van der Waals surface area (Å²) in [5.74, 6) is -0.502. The average molecular weight is 174 g/mol. The zero-order chi connectivity index (χ0) is 9.52. The van der Waals surface area contributed by atoms with E-state index in [2.05, 4.69) is 0 Å². The van der Waals surface area contributed by atoms with Gasteiger partial charge in [0.2, 0.25) is 5.91 Å². The minimum absolute atomic E-state index is 0.309. The maximum atomic E-state index is 10.3. The van der Waals surface area contributed by atoms with E-state index in [1.165, 1.54) is 0 Å². The molecule has 67 valence electrons. The zero-order valence-electron chi connectivity index (χ0n) is 7.36. The maximum Gasteiger partial charge on any atom is 0.238 e. The van der Waals surface area contributed by atoms with E-state index in [9.17, 15) is 4.79 Å². The Labute approximate surface area is 78.1 Å². The molecule has 0 atom stereocenters. The third-order valence-electron chi connectivity index (χ3n) is 1.65. The van der Waals surface area contributed by atoms with Crippen molar-refractivity contribution in [1.29, 1.82) is 0 Å². The summed E-state index contributed by atoms with van der Waals surface area (Å²) in [4.78, 5) is 10.3. The van der Waals surface area contributed by atoms with Crippen molar-refractivity contribution in [3.8, 4) is 0 Å². The van der Waals surface area contributed by atoms with Gasteiger partial charge >= 0.3 is 0 Å². The Bertz CT molecular complexity index is 290. The van der Waals surface area contributed by atoms with Gasteiger partial charge in [-0.3, -0.25) is 10.5 Å². The molecule has 1 N–H and O–H groups in total. The summed E-state index contributed by atoms with van der Waals surface area (Å²) in [6.45, 7) is 0. The molecule has 1 aromatic rings. The normalized spacial score (nSPS) is 10.5. The van der Waals surface area contributed by atoms with Crippen molar-refractivity contribution in [2.45, 2.75) is 12.8 Å². The van der Waals surface area contributed by atoms with Crippen molar-refractivity contribution in [2.75, 3.05) is 0 Å². The van der Waals surface area contributed by atoms with Crippen molar-refractivity contribution in [3.63, 3.8) is 0 Å².